The molecule has 102 valence electrons. The fourth-order valence-corrected chi connectivity index (χ4v) is 3.00. The van der Waals surface area contributed by atoms with Gasteiger partial charge in [-0.25, -0.2) is 0 Å². The number of thiophene rings is 2. The minimum absolute atomic E-state index is 0.0199. The van der Waals surface area contributed by atoms with Gasteiger partial charge in [-0.2, -0.15) is 13.2 Å². The second-order valence-electron chi connectivity index (χ2n) is 3.82. The summed E-state index contributed by atoms with van der Waals surface area (Å²) in [5.41, 5.74) is 0. The minimum atomic E-state index is -4.84. The van der Waals surface area contributed by atoms with E-state index in [1.807, 2.05) is 0 Å². The number of halogens is 3. The van der Waals surface area contributed by atoms with E-state index in [1.165, 1.54) is 22.7 Å². The fourth-order valence-electron chi connectivity index (χ4n) is 1.56. The van der Waals surface area contributed by atoms with Crippen molar-refractivity contribution in [2.75, 3.05) is 0 Å². The summed E-state index contributed by atoms with van der Waals surface area (Å²) in [4.78, 5) is 13.7. The van der Waals surface area contributed by atoms with Crippen LogP contribution in [-0.2, 0) is 17.9 Å². The van der Waals surface area contributed by atoms with Crippen LogP contribution in [0.4, 0.5) is 13.2 Å². The molecule has 0 unspecified atom stereocenters. The van der Waals surface area contributed by atoms with Gasteiger partial charge in [0.25, 0.3) is 0 Å². The fraction of sp³-hybridized carbons (Fsp3) is 0.250. The van der Waals surface area contributed by atoms with Gasteiger partial charge in [-0.15, -0.1) is 22.7 Å². The molecule has 0 bridgehead atoms. The molecule has 2 aromatic rings. The Balaban J connectivity index is 2.15. The molecule has 2 heterocycles. The third kappa shape index (κ3) is 3.81. The molecule has 0 aliphatic carbocycles. The molecular formula is C12H10F3NOS2. The lowest BCUT2D eigenvalue weighted by atomic mass is 10.3. The van der Waals surface area contributed by atoms with Crippen molar-refractivity contribution in [2.24, 2.45) is 0 Å². The van der Waals surface area contributed by atoms with Crippen LogP contribution in [0.3, 0.4) is 0 Å². The summed E-state index contributed by atoms with van der Waals surface area (Å²) in [6.45, 7) is -0.0399. The molecule has 7 heteroatoms. The second kappa shape index (κ2) is 5.75. The van der Waals surface area contributed by atoms with Gasteiger partial charge in [0.05, 0.1) is 13.1 Å². The Morgan fingerprint density at radius 2 is 1.53 bits per heavy atom. The quantitative estimate of drug-likeness (QED) is 0.839. The number of carbonyl (C=O) groups excluding carboxylic acids is 1. The third-order valence-electron chi connectivity index (χ3n) is 2.38. The number of alkyl halides is 3. The molecule has 0 aliphatic rings. The standard InChI is InChI=1S/C12H10F3NOS2/c13-12(14,15)11(17)16(7-9-3-1-5-18-9)8-10-4-2-6-19-10/h1-6H,7-8H2. The molecule has 0 atom stereocenters. The predicted molar refractivity (Wildman–Crippen MR) is 68.9 cm³/mol. The summed E-state index contributed by atoms with van der Waals surface area (Å²) in [5.74, 6) is -1.80. The molecule has 2 nitrogen and oxygen atoms in total. The van der Waals surface area contributed by atoms with Crippen LogP contribution >= 0.6 is 22.7 Å². The summed E-state index contributed by atoms with van der Waals surface area (Å²) in [5, 5.41) is 3.55. The summed E-state index contributed by atoms with van der Waals surface area (Å²) < 4.78 is 37.7. The van der Waals surface area contributed by atoms with Crippen LogP contribution in [0.25, 0.3) is 0 Å². The molecule has 0 N–H and O–H groups in total. The van der Waals surface area contributed by atoms with E-state index in [9.17, 15) is 18.0 Å². The molecule has 0 aromatic carbocycles. The number of nitrogens with zero attached hydrogens (tertiary/aromatic N) is 1. The van der Waals surface area contributed by atoms with E-state index >= 15 is 0 Å². The molecule has 1 amide bonds. The van der Waals surface area contributed by atoms with Crippen LogP contribution in [0.5, 0.6) is 0 Å². The lowest BCUT2D eigenvalue weighted by Crippen LogP contribution is -2.39. The van der Waals surface area contributed by atoms with Crippen LogP contribution in [0.1, 0.15) is 9.75 Å². The molecule has 0 spiro atoms. The molecule has 0 aliphatic heterocycles. The largest absolute Gasteiger partial charge is 0.471 e. The van der Waals surface area contributed by atoms with Crippen molar-refractivity contribution in [1.82, 2.24) is 4.90 Å². The molecule has 0 saturated carbocycles. The third-order valence-corrected chi connectivity index (χ3v) is 4.11. The molecular weight excluding hydrogens is 295 g/mol. The van der Waals surface area contributed by atoms with E-state index in [2.05, 4.69) is 0 Å². The van der Waals surface area contributed by atoms with Gasteiger partial charge in [-0.3, -0.25) is 4.79 Å². The zero-order valence-corrected chi connectivity index (χ0v) is 11.3. The number of amides is 1. The van der Waals surface area contributed by atoms with Crippen molar-refractivity contribution in [3.8, 4) is 0 Å². The van der Waals surface area contributed by atoms with Crippen molar-refractivity contribution in [1.29, 1.82) is 0 Å². The zero-order valence-electron chi connectivity index (χ0n) is 9.68. The van der Waals surface area contributed by atoms with E-state index in [-0.39, 0.29) is 13.1 Å². The minimum Gasteiger partial charge on any atom is -0.325 e. The van der Waals surface area contributed by atoms with Crippen molar-refractivity contribution in [3.63, 3.8) is 0 Å². The van der Waals surface area contributed by atoms with Gasteiger partial charge in [-0.05, 0) is 22.9 Å². The van der Waals surface area contributed by atoms with Crippen LogP contribution in [-0.4, -0.2) is 17.0 Å². The summed E-state index contributed by atoms with van der Waals surface area (Å²) >= 11 is 2.67. The van der Waals surface area contributed by atoms with Gasteiger partial charge in [0.2, 0.25) is 0 Å². The van der Waals surface area contributed by atoms with E-state index in [0.29, 0.717) is 0 Å². The SMILES string of the molecule is O=C(N(Cc1cccs1)Cc1cccs1)C(F)(F)F. The highest BCUT2D eigenvalue weighted by Crippen LogP contribution is 2.24. The summed E-state index contributed by atoms with van der Waals surface area (Å²) in [7, 11) is 0. The lowest BCUT2D eigenvalue weighted by molar-refractivity contribution is -0.186. The number of hydrogen-bond acceptors (Lipinski definition) is 3. The maximum absolute atomic E-state index is 12.6. The van der Waals surface area contributed by atoms with Crippen molar-refractivity contribution in [3.05, 3.63) is 44.8 Å². The average molecular weight is 305 g/mol. The van der Waals surface area contributed by atoms with Crippen molar-refractivity contribution < 1.29 is 18.0 Å². The van der Waals surface area contributed by atoms with Gasteiger partial charge >= 0.3 is 12.1 Å². The average Bonchev–Trinajstić information content (AvgIpc) is 2.98. The topological polar surface area (TPSA) is 20.3 Å². The van der Waals surface area contributed by atoms with Crippen LogP contribution in [0.2, 0.25) is 0 Å². The van der Waals surface area contributed by atoms with E-state index in [4.69, 9.17) is 0 Å². The van der Waals surface area contributed by atoms with Gasteiger partial charge in [-0.1, -0.05) is 12.1 Å². The Labute approximate surface area is 116 Å². The zero-order chi connectivity index (χ0) is 13.9. The first kappa shape index (κ1) is 14.1. The highest BCUT2D eigenvalue weighted by Gasteiger charge is 2.42. The van der Waals surface area contributed by atoms with Gasteiger partial charge < -0.3 is 4.90 Å². The second-order valence-corrected chi connectivity index (χ2v) is 5.88. The molecule has 0 fully saturated rings. The first-order valence-electron chi connectivity index (χ1n) is 5.37. The number of hydrogen-bond donors (Lipinski definition) is 0. The predicted octanol–water partition coefficient (Wildman–Crippen LogP) is 3.90. The maximum Gasteiger partial charge on any atom is 0.471 e. The Hall–Kier alpha value is -1.34. The number of rotatable bonds is 4. The first-order chi connectivity index (χ1) is 8.97. The van der Waals surface area contributed by atoms with Gasteiger partial charge in [0.1, 0.15) is 0 Å². The highest BCUT2D eigenvalue weighted by atomic mass is 32.1. The summed E-state index contributed by atoms with van der Waals surface area (Å²) in [6, 6.07) is 6.94. The smallest absolute Gasteiger partial charge is 0.325 e. The monoisotopic (exact) mass is 305 g/mol. The molecule has 19 heavy (non-hydrogen) atoms. The van der Waals surface area contributed by atoms with Crippen molar-refractivity contribution >= 4 is 28.6 Å². The normalized spacial score (nSPS) is 11.5. The number of carbonyl (C=O) groups is 1. The highest BCUT2D eigenvalue weighted by molar-refractivity contribution is 7.10. The molecule has 0 radical (unpaired) electrons. The van der Waals surface area contributed by atoms with Crippen LogP contribution in [0.15, 0.2) is 35.0 Å². The molecule has 2 rings (SSSR count). The Morgan fingerprint density at radius 3 is 1.84 bits per heavy atom. The Kier molecular flexibility index (Phi) is 4.26. The van der Waals surface area contributed by atoms with E-state index in [1.54, 1.807) is 35.0 Å². The van der Waals surface area contributed by atoms with Crippen molar-refractivity contribution in [2.45, 2.75) is 19.3 Å². The maximum atomic E-state index is 12.6. The van der Waals surface area contributed by atoms with Crippen LogP contribution in [0, 0.1) is 0 Å². The van der Waals surface area contributed by atoms with E-state index < -0.39 is 12.1 Å². The Morgan fingerprint density at radius 1 is 1.05 bits per heavy atom. The van der Waals surface area contributed by atoms with E-state index in [0.717, 1.165) is 14.7 Å². The molecule has 2 aromatic heterocycles. The first-order valence-corrected chi connectivity index (χ1v) is 7.13. The van der Waals surface area contributed by atoms with Gasteiger partial charge in [0.15, 0.2) is 0 Å². The summed E-state index contributed by atoms with van der Waals surface area (Å²) in [6.07, 6.45) is -4.84. The van der Waals surface area contributed by atoms with Gasteiger partial charge in [0, 0.05) is 9.75 Å². The molecule has 0 saturated heterocycles. The van der Waals surface area contributed by atoms with Crippen LogP contribution < -0.4 is 0 Å². The Bertz CT molecular complexity index is 483. The lowest BCUT2D eigenvalue weighted by Gasteiger charge is -2.22.